The van der Waals surface area contributed by atoms with Gasteiger partial charge >= 0.3 is 0 Å². The van der Waals surface area contributed by atoms with Crippen molar-refractivity contribution in [3.8, 4) is 0 Å². The molecular weight excluding hydrogens is 442 g/mol. The Kier molecular flexibility index (Phi) is 8.64. The van der Waals surface area contributed by atoms with Crippen LogP contribution in [0.4, 0.5) is 10.8 Å². The standard InChI is InChI=1S/C23H27N5O2S2/c1-15(2)13-24-22-27-28-23(32-22)31-14-20(29)26-19-12-8-7-11-18(19)21(30)25-16(3)17-9-5-4-6-10-17/h4-12,15-16H,13-14H2,1-3H3,(H,24,27)(H,25,30)(H,26,29). The number of amides is 2. The fraction of sp³-hybridized carbons (Fsp3) is 0.304. The number of nitrogens with zero attached hydrogens (tertiary/aromatic N) is 2. The average Bonchev–Trinajstić information content (AvgIpc) is 3.25. The van der Waals surface area contributed by atoms with Crippen LogP contribution in [0.25, 0.3) is 0 Å². The summed E-state index contributed by atoms with van der Waals surface area (Å²) >= 11 is 2.74. The lowest BCUT2D eigenvalue weighted by atomic mass is 10.1. The van der Waals surface area contributed by atoms with Crippen LogP contribution < -0.4 is 16.0 Å². The predicted molar refractivity (Wildman–Crippen MR) is 131 cm³/mol. The first-order chi connectivity index (χ1) is 15.4. The molecule has 0 bridgehead atoms. The van der Waals surface area contributed by atoms with Gasteiger partial charge in [0.15, 0.2) is 4.34 Å². The van der Waals surface area contributed by atoms with Gasteiger partial charge in [0, 0.05) is 6.54 Å². The van der Waals surface area contributed by atoms with E-state index >= 15 is 0 Å². The number of rotatable bonds is 10. The van der Waals surface area contributed by atoms with E-state index in [9.17, 15) is 9.59 Å². The van der Waals surface area contributed by atoms with E-state index in [0.29, 0.717) is 21.5 Å². The second-order valence-electron chi connectivity index (χ2n) is 7.64. The lowest BCUT2D eigenvalue weighted by molar-refractivity contribution is -0.113. The summed E-state index contributed by atoms with van der Waals surface area (Å²) in [5.41, 5.74) is 1.91. The highest BCUT2D eigenvalue weighted by Gasteiger charge is 2.16. The van der Waals surface area contributed by atoms with Crippen LogP contribution in [-0.2, 0) is 4.79 Å². The van der Waals surface area contributed by atoms with Gasteiger partial charge in [-0.1, -0.05) is 79.4 Å². The molecule has 0 saturated heterocycles. The summed E-state index contributed by atoms with van der Waals surface area (Å²) in [4.78, 5) is 25.3. The van der Waals surface area contributed by atoms with Crippen molar-refractivity contribution in [3.63, 3.8) is 0 Å². The number of aromatic nitrogens is 2. The van der Waals surface area contributed by atoms with Crippen molar-refractivity contribution in [2.45, 2.75) is 31.2 Å². The highest BCUT2D eigenvalue weighted by Crippen LogP contribution is 2.26. The molecule has 1 atom stereocenters. The van der Waals surface area contributed by atoms with Crippen molar-refractivity contribution in [3.05, 3.63) is 65.7 Å². The van der Waals surface area contributed by atoms with Gasteiger partial charge in [-0.2, -0.15) is 0 Å². The zero-order chi connectivity index (χ0) is 22.9. The van der Waals surface area contributed by atoms with Crippen molar-refractivity contribution in [1.82, 2.24) is 15.5 Å². The van der Waals surface area contributed by atoms with Crippen molar-refractivity contribution in [2.75, 3.05) is 22.9 Å². The molecule has 3 N–H and O–H groups in total. The minimum absolute atomic E-state index is 0.154. The molecule has 0 radical (unpaired) electrons. The molecule has 0 saturated carbocycles. The third-order valence-corrected chi connectivity index (χ3v) is 6.50. The first-order valence-corrected chi connectivity index (χ1v) is 12.2. The highest BCUT2D eigenvalue weighted by molar-refractivity contribution is 8.01. The first-order valence-electron chi connectivity index (χ1n) is 10.4. The SMILES string of the molecule is CC(C)CNc1nnc(SCC(=O)Nc2ccccc2C(=O)NC(C)c2ccccc2)s1. The van der Waals surface area contributed by atoms with Crippen molar-refractivity contribution in [2.24, 2.45) is 5.92 Å². The zero-order valence-electron chi connectivity index (χ0n) is 18.3. The van der Waals surface area contributed by atoms with Crippen molar-refractivity contribution in [1.29, 1.82) is 0 Å². The van der Waals surface area contributed by atoms with E-state index in [0.717, 1.165) is 17.2 Å². The lowest BCUT2D eigenvalue weighted by Gasteiger charge is -2.16. The van der Waals surface area contributed by atoms with Crippen LogP contribution in [0.1, 0.15) is 42.7 Å². The first kappa shape index (κ1) is 23.7. The van der Waals surface area contributed by atoms with Gasteiger partial charge in [0.1, 0.15) is 0 Å². The number of para-hydroxylation sites is 1. The van der Waals surface area contributed by atoms with Crippen LogP contribution >= 0.6 is 23.1 Å². The number of carbonyl (C=O) groups excluding carboxylic acids is 2. The Balaban J connectivity index is 1.56. The molecule has 3 rings (SSSR count). The summed E-state index contributed by atoms with van der Waals surface area (Å²) in [7, 11) is 0. The normalized spacial score (nSPS) is 11.8. The maximum Gasteiger partial charge on any atom is 0.253 e. The van der Waals surface area contributed by atoms with E-state index in [4.69, 9.17) is 0 Å². The third-order valence-electron chi connectivity index (χ3n) is 4.49. The van der Waals surface area contributed by atoms with E-state index in [1.54, 1.807) is 24.3 Å². The molecule has 2 aromatic carbocycles. The van der Waals surface area contributed by atoms with Gasteiger partial charge < -0.3 is 16.0 Å². The Labute approximate surface area is 196 Å². The molecule has 0 aliphatic heterocycles. The maximum absolute atomic E-state index is 12.8. The molecule has 168 valence electrons. The number of hydrogen-bond donors (Lipinski definition) is 3. The minimum Gasteiger partial charge on any atom is -0.360 e. The van der Waals surface area contributed by atoms with Gasteiger partial charge in [0.25, 0.3) is 5.91 Å². The second-order valence-corrected chi connectivity index (χ2v) is 9.84. The number of thioether (sulfide) groups is 1. The van der Waals surface area contributed by atoms with E-state index in [-0.39, 0.29) is 23.6 Å². The predicted octanol–water partition coefficient (Wildman–Crippen LogP) is 4.83. The summed E-state index contributed by atoms with van der Waals surface area (Å²) in [5.74, 6) is 0.233. The molecular formula is C23H27N5O2S2. The van der Waals surface area contributed by atoms with E-state index in [1.165, 1.54) is 23.1 Å². The number of hydrogen-bond acceptors (Lipinski definition) is 7. The molecule has 32 heavy (non-hydrogen) atoms. The fourth-order valence-corrected chi connectivity index (χ4v) is 4.39. The van der Waals surface area contributed by atoms with Crippen LogP contribution in [0.5, 0.6) is 0 Å². The molecule has 2 amide bonds. The smallest absolute Gasteiger partial charge is 0.253 e. The topological polar surface area (TPSA) is 96.0 Å². The minimum atomic E-state index is -0.241. The van der Waals surface area contributed by atoms with Gasteiger partial charge in [0.2, 0.25) is 11.0 Å². The van der Waals surface area contributed by atoms with Gasteiger partial charge in [-0.05, 0) is 30.5 Å². The highest BCUT2D eigenvalue weighted by atomic mass is 32.2. The number of benzene rings is 2. The Morgan fingerprint density at radius 2 is 1.72 bits per heavy atom. The molecule has 0 spiro atoms. The van der Waals surface area contributed by atoms with Crippen LogP contribution in [0.15, 0.2) is 58.9 Å². The number of nitrogens with one attached hydrogen (secondary N) is 3. The van der Waals surface area contributed by atoms with Crippen LogP contribution in [0.2, 0.25) is 0 Å². The van der Waals surface area contributed by atoms with Gasteiger partial charge in [-0.3, -0.25) is 9.59 Å². The second kappa shape index (κ2) is 11.6. The van der Waals surface area contributed by atoms with Crippen molar-refractivity contribution < 1.29 is 9.59 Å². The van der Waals surface area contributed by atoms with Gasteiger partial charge in [0.05, 0.1) is 23.0 Å². The lowest BCUT2D eigenvalue weighted by Crippen LogP contribution is -2.28. The third kappa shape index (κ3) is 7.06. The monoisotopic (exact) mass is 469 g/mol. The van der Waals surface area contributed by atoms with Gasteiger partial charge in [-0.25, -0.2) is 0 Å². The summed E-state index contributed by atoms with van der Waals surface area (Å²) in [6.45, 7) is 6.99. The van der Waals surface area contributed by atoms with E-state index < -0.39 is 0 Å². The molecule has 7 nitrogen and oxygen atoms in total. The number of carbonyl (C=O) groups is 2. The zero-order valence-corrected chi connectivity index (χ0v) is 19.9. The Morgan fingerprint density at radius 1 is 1.00 bits per heavy atom. The Bertz CT molecular complexity index is 1040. The maximum atomic E-state index is 12.8. The Hall–Kier alpha value is -2.91. The Morgan fingerprint density at radius 3 is 2.47 bits per heavy atom. The molecule has 0 aliphatic rings. The quantitative estimate of drug-likeness (QED) is 0.368. The summed E-state index contributed by atoms with van der Waals surface area (Å²) in [6, 6.07) is 16.6. The van der Waals surface area contributed by atoms with E-state index in [1.807, 2.05) is 37.3 Å². The molecule has 9 heteroatoms. The molecule has 1 unspecified atom stereocenters. The van der Waals surface area contributed by atoms with Crippen LogP contribution in [0, 0.1) is 5.92 Å². The van der Waals surface area contributed by atoms with Crippen LogP contribution in [-0.4, -0.2) is 34.3 Å². The van der Waals surface area contributed by atoms with E-state index in [2.05, 4.69) is 40.0 Å². The average molecular weight is 470 g/mol. The molecule has 0 fully saturated rings. The van der Waals surface area contributed by atoms with Crippen molar-refractivity contribution >= 4 is 45.7 Å². The summed E-state index contributed by atoms with van der Waals surface area (Å²) < 4.78 is 0.717. The fourth-order valence-electron chi connectivity index (χ4n) is 2.83. The van der Waals surface area contributed by atoms with Crippen LogP contribution in [0.3, 0.4) is 0 Å². The molecule has 1 aromatic heterocycles. The summed E-state index contributed by atoms with van der Waals surface area (Å²) in [6.07, 6.45) is 0. The summed E-state index contributed by atoms with van der Waals surface area (Å²) in [5, 5.41) is 18.0. The largest absolute Gasteiger partial charge is 0.360 e. The molecule has 1 heterocycles. The number of anilines is 2. The van der Waals surface area contributed by atoms with Gasteiger partial charge in [-0.15, -0.1) is 10.2 Å². The molecule has 0 aliphatic carbocycles. The molecule has 3 aromatic rings.